The molecule has 1 aromatic carbocycles. The van der Waals surface area contributed by atoms with E-state index >= 15 is 0 Å². The number of urea groups is 1. The van der Waals surface area contributed by atoms with E-state index in [1.165, 1.54) is 22.4 Å². The van der Waals surface area contributed by atoms with Crippen molar-refractivity contribution in [3.05, 3.63) is 33.8 Å². The number of anilines is 3. The number of hydrogen-bond donors (Lipinski definition) is 2. The summed E-state index contributed by atoms with van der Waals surface area (Å²) in [4.78, 5) is 35.6. The number of nitrogens with one attached hydrogen (secondary N) is 2. The van der Waals surface area contributed by atoms with Crippen LogP contribution in [-0.4, -0.2) is 54.8 Å². The number of hydrogen-bond acceptors (Lipinski definition) is 8. The lowest BCUT2D eigenvalue weighted by Gasteiger charge is -2.31. The predicted molar refractivity (Wildman–Crippen MR) is 131 cm³/mol. The van der Waals surface area contributed by atoms with Crippen molar-refractivity contribution in [3.8, 4) is 17.6 Å². The Kier molecular flexibility index (Phi) is 5.17. The first-order chi connectivity index (χ1) is 17.0. The second-order valence-corrected chi connectivity index (χ2v) is 9.97. The van der Waals surface area contributed by atoms with E-state index in [4.69, 9.17) is 21.1 Å². The van der Waals surface area contributed by atoms with Crippen LogP contribution in [0, 0.1) is 11.3 Å². The second kappa shape index (κ2) is 8.27. The molecule has 3 aromatic rings. The molecule has 0 bridgehead atoms. The van der Waals surface area contributed by atoms with Crippen LogP contribution in [0.5, 0.6) is 11.5 Å². The number of thiophene rings is 1. The third-order valence-corrected chi connectivity index (χ3v) is 7.82. The zero-order chi connectivity index (χ0) is 24.3. The van der Waals surface area contributed by atoms with E-state index in [2.05, 4.69) is 33.6 Å². The van der Waals surface area contributed by atoms with Crippen LogP contribution in [0.25, 0.3) is 10.2 Å². The highest BCUT2D eigenvalue weighted by Gasteiger charge is 2.38. The highest BCUT2D eigenvalue weighted by molar-refractivity contribution is 7.21. The number of carbonyl (C=O) groups excluding carboxylic acids is 2. The zero-order valence-electron chi connectivity index (χ0n) is 18.6. The number of carbonyl (C=O) groups is 2. The van der Waals surface area contributed by atoms with E-state index in [-0.39, 0.29) is 35.0 Å². The molecule has 0 aliphatic carbocycles. The lowest BCUT2D eigenvalue weighted by atomic mass is 10.0. The number of likely N-dealkylation sites (tertiary alicyclic amines) is 1. The molecule has 1 fully saturated rings. The Morgan fingerprint density at radius 1 is 1.31 bits per heavy atom. The highest BCUT2D eigenvalue weighted by Crippen LogP contribution is 2.53. The van der Waals surface area contributed by atoms with Crippen LogP contribution in [-0.2, 0) is 0 Å². The summed E-state index contributed by atoms with van der Waals surface area (Å²) in [6.45, 7) is 1.79. The van der Waals surface area contributed by atoms with Gasteiger partial charge in [-0.2, -0.15) is 5.26 Å². The Hall–Kier alpha value is -3.59. The monoisotopic (exact) mass is 510 g/mol. The number of nitriles is 1. The summed E-state index contributed by atoms with van der Waals surface area (Å²) in [5.41, 5.74) is 1.08. The minimum atomic E-state index is -0.570. The van der Waals surface area contributed by atoms with Gasteiger partial charge < -0.3 is 25.0 Å². The van der Waals surface area contributed by atoms with Gasteiger partial charge in [-0.05, 0) is 45.1 Å². The normalized spacial score (nSPS) is 17.4. The first-order valence-corrected chi connectivity index (χ1v) is 12.2. The lowest BCUT2D eigenvalue weighted by Crippen LogP contribution is -2.43. The Labute approximate surface area is 209 Å². The van der Waals surface area contributed by atoms with E-state index in [1.54, 1.807) is 12.1 Å². The van der Waals surface area contributed by atoms with Gasteiger partial charge in [0.15, 0.2) is 11.5 Å². The molecule has 2 N–H and O–H groups in total. The molecule has 6 rings (SSSR count). The molecule has 0 spiro atoms. The number of pyridine rings is 1. The summed E-state index contributed by atoms with van der Waals surface area (Å²) in [6, 6.07) is 4.86. The van der Waals surface area contributed by atoms with Crippen molar-refractivity contribution < 1.29 is 19.1 Å². The lowest BCUT2D eigenvalue weighted by molar-refractivity contribution is 0.0922. The third kappa shape index (κ3) is 3.44. The van der Waals surface area contributed by atoms with Gasteiger partial charge in [0.05, 0.1) is 27.3 Å². The van der Waals surface area contributed by atoms with Crippen LogP contribution in [0.2, 0.25) is 5.02 Å². The third-order valence-electron chi connectivity index (χ3n) is 6.42. The Bertz CT molecular complexity index is 1440. The number of ether oxygens (including phenoxy) is 2. The van der Waals surface area contributed by atoms with Crippen molar-refractivity contribution >= 4 is 62.2 Å². The molecule has 3 amide bonds. The molecule has 5 heterocycles. The van der Waals surface area contributed by atoms with Gasteiger partial charge in [-0.25, -0.2) is 9.78 Å². The molecule has 178 valence electrons. The van der Waals surface area contributed by atoms with Crippen LogP contribution in [0.3, 0.4) is 0 Å². The van der Waals surface area contributed by atoms with Crippen molar-refractivity contribution in [1.82, 2.24) is 15.2 Å². The van der Waals surface area contributed by atoms with Gasteiger partial charge in [0.2, 0.25) is 6.79 Å². The summed E-state index contributed by atoms with van der Waals surface area (Å²) < 4.78 is 11.1. The number of aromatic nitrogens is 1. The molecular weight excluding hydrogens is 492 g/mol. The smallest absolute Gasteiger partial charge is 0.331 e. The molecule has 1 saturated heterocycles. The van der Waals surface area contributed by atoms with Crippen LogP contribution >= 0.6 is 22.9 Å². The van der Waals surface area contributed by atoms with E-state index in [1.807, 2.05) is 0 Å². The quantitative estimate of drug-likeness (QED) is 0.545. The molecule has 0 saturated carbocycles. The van der Waals surface area contributed by atoms with Gasteiger partial charge >= 0.3 is 6.03 Å². The van der Waals surface area contributed by atoms with Crippen LogP contribution in [0.1, 0.15) is 28.1 Å². The fourth-order valence-electron chi connectivity index (χ4n) is 4.67. The first-order valence-electron chi connectivity index (χ1n) is 11.0. The molecular formula is C23H19ClN6O4S. The average Bonchev–Trinajstić information content (AvgIpc) is 3.47. The number of piperidine rings is 1. The number of amides is 3. The summed E-state index contributed by atoms with van der Waals surface area (Å²) in [5.74, 6) is 0.474. The number of halogens is 1. The van der Waals surface area contributed by atoms with E-state index in [0.717, 1.165) is 25.9 Å². The standard InChI is InChI=1S/C23H19ClN6O4S/c1-29-6-4-12(5-7-29)27-21(31)20-16-15-17(11(8-25)9-26-22(15)35-20)30(23(32)28-16)18-13(24)2-3-14-19(18)34-10-33-14/h2-3,9,12H,4-7,10H2,1H3,(H,27,31)(H,28,32). The SMILES string of the molecule is CN1CCC(NC(=O)c2sc3ncc(C#N)c4c3c2NC(=O)N4c2c(Cl)ccc3c2OCO3)CC1. The van der Waals surface area contributed by atoms with Crippen molar-refractivity contribution in [2.45, 2.75) is 18.9 Å². The van der Waals surface area contributed by atoms with Gasteiger partial charge in [-0.15, -0.1) is 11.3 Å². The summed E-state index contributed by atoms with van der Waals surface area (Å²) in [6.07, 6.45) is 3.10. The van der Waals surface area contributed by atoms with Gasteiger partial charge in [0, 0.05) is 12.2 Å². The number of fused-ring (bicyclic) bond motifs is 1. The Balaban J connectivity index is 1.49. The van der Waals surface area contributed by atoms with E-state index in [0.29, 0.717) is 38.0 Å². The van der Waals surface area contributed by atoms with Crippen molar-refractivity contribution in [1.29, 1.82) is 5.26 Å². The van der Waals surface area contributed by atoms with E-state index < -0.39 is 6.03 Å². The summed E-state index contributed by atoms with van der Waals surface area (Å²) >= 11 is 7.69. The maximum Gasteiger partial charge on any atom is 0.331 e. The van der Waals surface area contributed by atoms with Crippen LogP contribution in [0.15, 0.2) is 18.3 Å². The molecule has 3 aliphatic heterocycles. The topological polar surface area (TPSA) is 120 Å². The fourth-order valence-corrected chi connectivity index (χ4v) is 5.91. The largest absolute Gasteiger partial charge is 0.454 e. The molecule has 2 aromatic heterocycles. The number of benzene rings is 1. The molecule has 10 nitrogen and oxygen atoms in total. The molecule has 0 unspecified atom stereocenters. The van der Waals surface area contributed by atoms with Gasteiger partial charge in [-0.1, -0.05) is 11.6 Å². The van der Waals surface area contributed by atoms with Gasteiger partial charge in [-0.3, -0.25) is 9.69 Å². The predicted octanol–water partition coefficient (Wildman–Crippen LogP) is 4.06. The minimum absolute atomic E-state index is 0.0139. The number of nitrogens with zero attached hydrogens (tertiary/aromatic N) is 4. The van der Waals surface area contributed by atoms with Crippen LogP contribution in [0.4, 0.5) is 21.9 Å². The Morgan fingerprint density at radius 2 is 2.11 bits per heavy atom. The average molecular weight is 511 g/mol. The molecule has 0 atom stereocenters. The molecule has 3 aliphatic rings. The second-order valence-electron chi connectivity index (χ2n) is 8.56. The molecule has 35 heavy (non-hydrogen) atoms. The van der Waals surface area contributed by atoms with Crippen molar-refractivity contribution in [2.75, 3.05) is 37.1 Å². The van der Waals surface area contributed by atoms with Crippen LogP contribution < -0.4 is 25.0 Å². The fraction of sp³-hybridized carbons (Fsp3) is 0.304. The van der Waals surface area contributed by atoms with Crippen molar-refractivity contribution in [2.24, 2.45) is 0 Å². The molecule has 12 heteroatoms. The minimum Gasteiger partial charge on any atom is -0.454 e. The Morgan fingerprint density at radius 3 is 2.89 bits per heavy atom. The van der Waals surface area contributed by atoms with Crippen molar-refractivity contribution in [3.63, 3.8) is 0 Å². The maximum absolute atomic E-state index is 13.5. The highest BCUT2D eigenvalue weighted by atomic mass is 35.5. The van der Waals surface area contributed by atoms with Gasteiger partial charge in [0.1, 0.15) is 21.5 Å². The molecule has 0 radical (unpaired) electrons. The number of rotatable bonds is 3. The summed E-state index contributed by atoms with van der Waals surface area (Å²) in [5, 5.41) is 16.6. The maximum atomic E-state index is 13.5. The first kappa shape index (κ1) is 21.9. The zero-order valence-corrected chi connectivity index (χ0v) is 20.1. The van der Waals surface area contributed by atoms with Gasteiger partial charge in [0.25, 0.3) is 5.91 Å². The van der Waals surface area contributed by atoms with E-state index in [9.17, 15) is 14.9 Å². The summed E-state index contributed by atoms with van der Waals surface area (Å²) in [7, 11) is 2.06.